The maximum atomic E-state index is 14.2. The van der Waals surface area contributed by atoms with Crippen LogP contribution in [0.1, 0.15) is 207 Å². The summed E-state index contributed by atoms with van der Waals surface area (Å²) in [5.74, 6) is -3.09. The minimum Gasteiger partial charge on any atom is -0.394 e. The molecule has 0 aromatic carbocycles. The van der Waals surface area contributed by atoms with Crippen molar-refractivity contribution in [1.29, 1.82) is 0 Å². The second-order valence-electron chi connectivity index (χ2n) is 17.1. The number of unbranched alkanes of at least 4 members (excludes halogenated alkanes) is 22. The van der Waals surface area contributed by atoms with Gasteiger partial charge in [-0.15, -0.1) is 0 Å². The number of rotatable bonds is 36. The van der Waals surface area contributed by atoms with E-state index in [9.17, 15) is 29.7 Å². The normalized spacial score (nSPS) is 20.3. The van der Waals surface area contributed by atoms with Crippen LogP contribution in [-0.4, -0.2) is 87.8 Å². The largest absolute Gasteiger partial charge is 0.394 e. The fraction of sp³-hybridized carbons (Fsp3) is 0.891. The molecule has 1 heterocycles. The Kier molecular flexibility index (Phi) is 31.4. The van der Waals surface area contributed by atoms with Crippen LogP contribution in [-0.2, 0) is 19.1 Å². The van der Waals surface area contributed by atoms with Crippen LogP contribution in [0.4, 0.5) is 0 Å². The summed E-state index contributed by atoms with van der Waals surface area (Å²) in [4.78, 5) is 42.1. The van der Waals surface area contributed by atoms with Crippen molar-refractivity contribution in [1.82, 2.24) is 15.5 Å². The van der Waals surface area contributed by atoms with Gasteiger partial charge in [0, 0.05) is 19.4 Å². The van der Waals surface area contributed by atoms with Gasteiger partial charge in [-0.2, -0.15) is 0 Å². The van der Waals surface area contributed by atoms with Crippen molar-refractivity contribution in [3.63, 3.8) is 0 Å². The van der Waals surface area contributed by atoms with Crippen LogP contribution in [0.15, 0.2) is 12.2 Å². The van der Waals surface area contributed by atoms with E-state index in [0.29, 0.717) is 19.3 Å². The van der Waals surface area contributed by atoms with Gasteiger partial charge in [0.25, 0.3) is 0 Å². The first kappa shape index (κ1) is 53.0. The van der Waals surface area contributed by atoms with Crippen molar-refractivity contribution in [3.05, 3.63) is 12.2 Å². The van der Waals surface area contributed by atoms with Gasteiger partial charge in [0.2, 0.25) is 23.6 Å². The van der Waals surface area contributed by atoms with Gasteiger partial charge in [-0.25, -0.2) is 0 Å². The topological polar surface area (TPSA) is 174 Å². The molecule has 0 aromatic heterocycles. The summed E-state index contributed by atoms with van der Waals surface area (Å²) in [6.07, 6.45) is 29.7. The standard InChI is InChI=1S/C46H88N4O7/c1-5-7-9-11-13-15-17-19-20-21-22-24-26-28-30-32-43(54)50(33-31-29-27-25-23-18-16-14-12-10-8-6-2)46(35-40(52)44(55)41(37-51)57-46)49-45(56)39(34-38(3)4)48-42(53)36-47/h19-20,38-41,44,51-52,55H,5-18,21-37,47H2,1-4H3,(H,48,53)(H,49,56)/t39-,40+,41+,44-,46-/m0/s1. The predicted octanol–water partition coefficient (Wildman–Crippen LogP) is 8.32. The Bertz CT molecular complexity index is 1060. The molecule has 11 nitrogen and oxygen atoms in total. The number of allylic oxidation sites excluding steroid dienone is 2. The van der Waals surface area contributed by atoms with Crippen LogP contribution >= 0.6 is 0 Å². The lowest BCUT2D eigenvalue weighted by molar-refractivity contribution is -0.280. The molecule has 0 bridgehead atoms. The summed E-state index contributed by atoms with van der Waals surface area (Å²) in [5.41, 5.74) is 5.57. The molecule has 1 aliphatic rings. The zero-order chi connectivity index (χ0) is 42.2. The Balaban J connectivity index is 2.97. The number of aliphatic hydroxyl groups is 3. The lowest BCUT2D eigenvalue weighted by Gasteiger charge is -2.51. The van der Waals surface area contributed by atoms with Gasteiger partial charge in [0.15, 0.2) is 0 Å². The summed E-state index contributed by atoms with van der Waals surface area (Å²) in [6.45, 7) is 7.71. The molecular weight excluding hydrogens is 721 g/mol. The molecule has 1 saturated heterocycles. The number of ether oxygens (including phenoxy) is 1. The number of carbonyl (C=O) groups excluding carboxylic acids is 3. The van der Waals surface area contributed by atoms with Crippen molar-refractivity contribution >= 4 is 17.7 Å². The summed E-state index contributed by atoms with van der Waals surface area (Å²) < 4.78 is 6.30. The van der Waals surface area contributed by atoms with Crippen molar-refractivity contribution in [2.75, 3.05) is 19.7 Å². The molecule has 334 valence electrons. The van der Waals surface area contributed by atoms with Gasteiger partial charge in [0.05, 0.1) is 19.3 Å². The van der Waals surface area contributed by atoms with Crippen molar-refractivity contribution < 1.29 is 34.4 Å². The number of amides is 3. The van der Waals surface area contributed by atoms with Gasteiger partial charge < -0.3 is 36.4 Å². The van der Waals surface area contributed by atoms with Crippen LogP contribution in [0, 0.1) is 5.92 Å². The van der Waals surface area contributed by atoms with Gasteiger partial charge in [-0.3, -0.25) is 19.3 Å². The molecule has 0 saturated carbocycles. The van der Waals surface area contributed by atoms with Crippen LogP contribution < -0.4 is 16.4 Å². The third kappa shape index (κ3) is 24.0. The van der Waals surface area contributed by atoms with Crippen molar-refractivity contribution in [2.45, 2.75) is 238 Å². The van der Waals surface area contributed by atoms with E-state index < -0.39 is 48.6 Å². The van der Waals surface area contributed by atoms with Gasteiger partial charge >= 0.3 is 0 Å². The third-order valence-electron chi connectivity index (χ3n) is 11.3. The molecule has 1 aliphatic heterocycles. The molecule has 0 unspecified atom stereocenters. The van der Waals surface area contributed by atoms with Gasteiger partial charge in [-0.05, 0) is 50.9 Å². The zero-order valence-electron chi connectivity index (χ0n) is 37.0. The molecule has 57 heavy (non-hydrogen) atoms. The summed E-state index contributed by atoms with van der Waals surface area (Å²) in [5, 5.41) is 37.6. The lowest BCUT2D eigenvalue weighted by Crippen LogP contribution is -2.72. The van der Waals surface area contributed by atoms with E-state index in [4.69, 9.17) is 10.5 Å². The Morgan fingerprint density at radius 2 is 1.23 bits per heavy atom. The van der Waals surface area contributed by atoms with E-state index in [0.717, 1.165) is 57.8 Å². The first-order valence-corrected chi connectivity index (χ1v) is 23.5. The molecule has 11 heteroatoms. The first-order valence-electron chi connectivity index (χ1n) is 23.5. The summed E-state index contributed by atoms with van der Waals surface area (Å²) >= 11 is 0. The number of carbonyl (C=O) groups is 3. The minimum absolute atomic E-state index is 0.0413. The highest BCUT2D eigenvalue weighted by atomic mass is 16.6. The smallest absolute Gasteiger partial charge is 0.246 e. The van der Waals surface area contributed by atoms with E-state index >= 15 is 0 Å². The molecule has 0 spiro atoms. The molecule has 0 aromatic rings. The monoisotopic (exact) mass is 809 g/mol. The Morgan fingerprint density at radius 1 is 0.754 bits per heavy atom. The number of nitrogens with zero attached hydrogens (tertiary/aromatic N) is 1. The first-order chi connectivity index (χ1) is 27.5. The van der Waals surface area contributed by atoms with E-state index in [2.05, 4.69) is 36.6 Å². The fourth-order valence-electron chi connectivity index (χ4n) is 7.82. The third-order valence-corrected chi connectivity index (χ3v) is 11.3. The molecule has 0 radical (unpaired) electrons. The Morgan fingerprint density at radius 3 is 1.70 bits per heavy atom. The fourth-order valence-corrected chi connectivity index (χ4v) is 7.82. The minimum atomic E-state index is -1.83. The number of hydrogen-bond acceptors (Lipinski definition) is 8. The molecule has 0 aliphatic carbocycles. The molecule has 3 amide bonds. The van der Waals surface area contributed by atoms with Crippen LogP contribution in [0.5, 0.6) is 0 Å². The number of nitrogens with two attached hydrogens (primary N) is 1. The predicted molar refractivity (Wildman–Crippen MR) is 232 cm³/mol. The Labute approximate surface area is 348 Å². The number of hydrogen-bond donors (Lipinski definition) is 6. The molecule has 1 rings (SSSR count). The summed E-state index contributed by atoms with van der Waals surface area (Å²) in [6, 6.07) is -0.966. The van der Waals surface area contributed by atoms with Crippen LogP contribution in [0.2, 0.25) is 0 Å². The van der Waals surface area contributed by atoms with Crippen LogP contribution in [0.25, 0.3) is 0 Å². The SMILES string of the molecule is CCCCCCCCC=CCCCCCCCC(=O)N(CCCCCCCCCCCCCC)[C@@]1(NC(=O)[C@H](CC(C)C)NC(=O)CN)C[C@@H](O)[C@H](O)[C@@H](CO)O1. The molecular formula is C46H88N4O7. The molecule has 7 N–H and O–H groups in total. The van der Waals surface area contributed by atoms with E-state index in [1.54, 1.807) is 0 Å². The highest BCUT2D eigenvalue weighted by Crippen LogP contribution is 2.33. The quantitative estimate of drug-likeness (QED) is 0.0208. The van der Waals surface area contributed by atoms with Crippen molar-refractivity contribution in [2.24, 2.45) is 11.7 Å². The van der Waals surface area contributed by atoms with Gasteiger partial charge in [-0.1, -0.05) is 162 Å². The Hall–Kier alpha value is -2.05. The molecule has 1 fully saturated rings. The maximum absolute atomic E-state index is 14.2. The second-order valence-corrected chi connectivity index (χ2v) is 17.1. The maximum Gasteiger partial charge on any atom is 0.246 e. The average molecular weight is 809 g/mol. The van der Waals surface area contributed by atoms with E-state index in [-0.39, 0.29) is 37.8 Å². The van der Waals surface area contributed by atoms with Crippen molar-refractivity contribution in [3.8, 4) is 0 Å². The highest BCUT2D eigenvalue weighted by molar-refractivity contribution is 5.89. The average Bonchev–Trinajstić information content (AvgIpc) is 3.18. The second kappa shape index (κ2) is 33.7. The molecule has 5 atom stereocenters. The zero-order valence-corrected chi connectivity index (χ0v) is 37.0. The lowest BCUT2D eigenvalue weighted by atomic mass is 9.95. The van der Waals surface area contributed by atoms with Gasteiger partial charge in [0.1, 0.15) is 18.2 Å². The summed E-state index contributed by atoms with van der Waals surface area (Å²) in [7, 11) is 0. The van der Waals surface area contributed by atoms with E-state index in [1.807, 2.05) is 13.8 Å². The highest BCUT2D eigenvalue weighted by Gasteiger charge is 2.52. The number of nitrogens with one attached hydrogen (secondary N) is 2. The van der Waals surface area contributed by atoms with Crippen LogP contribution in [0.3, 0.4) is 0 Å². The van der Waals surface area contributed by atoms with E-state index in [1.165, 1.54) is 94.8 Å². The number of aliphatic hydroxyl groups excluding tert-OH is 3.